The lowest BCUT2D eigenvalue weighted by molar-refractivity contribution is 0.0949. The van der Waals surface area contributed by atoms with Gasteiger partial charge in [-0.15, -0.1) is 0 Å². The summed E-state index contributed by atoms with van der Waals surface area (Å²) in [7, 11) is 3.26. The van der Waals surface area contributed by atoms with Crippen LogP contribution in [-0.4, -0.2) is 26.7 Å². The molecule has 0 atom stereocenters. The minimum atomic E-state index is -0.0527. The fourth-order valence-electron chi connectivity index (χ4n) is 2.87. The van der Waals surface area contributed by atoms with Crippen molar-refractivity contribution < 1.29 is 14.3 Å². The van der Waals surface area contributed by atoms with Crippen LogP contribution < -0.4 is 14.8 Å². The molecule has 5 heteroatoms. The molecule has 0 aliphatic heterocycles. The lowest BCUT2D eigenvalue weighted by Gasteiger charge is -2.18. The topological polar surface area (TPSA) is 47.6 Å². The van der Waals surface area contributed by atoms with Gasteiger partial charge in [-0.25, -0.2) is 0 Å². The zero-order chi connectivity index (χ0) is 17.2. The Bertz CT molecular complexity index is 756. The van der Waals surface area contributed by atoms with Crippen molar-refractivity contribution in [1.29, 1.82) is 0 Å². The number of hydrogen-bond acceptors (Lipinski definition) is 3. The molecule has 1 N–H and O–H groups in total. The maximum Gasteiger partial charge on any atom is 0.251 e. The number of benzene rings is 2. The van der Waals surface area contributed by atoms with Crippen LogP contribution in [0.5, 0.6) is 11.5 Å². The maximum atomic E-state index is 12.3. The number of ether oxygens (including phenoxy) is 2. The van der Waals surface area contributed by atoms with Gasteiger partial charge in [0.25, 0.3) is 5.91 Å². The Balaban J connectivity index is 1.72. The van der Waals surface area contributed by atoms with Crippen molar-refractivity contribution in [2.24, 2.45) is 0 Å². The zero-order valence-electron chi connectivity index (χ0n) is 13.8. The molecular formula is C19H20BrNO3. The fraction of sp³-hybridized carbons (Fsp3) is 0.316. The van der Waals surface area contributed by atoms with Gasteiger partial charge in [0.2, 0.25) is 0 Å². The standard InChI is InChI=1S/C19H20BrNO3/c1-23-16-7-6-14(11-17(16)24-2)19(8-9-19)12-21-18(22)13-4-3-5-15(20)10-13/h3-7,10-11H,8-9,12H2,1-2H3,(H,21,22). The summed E-state index contributed by atoms with van der Waals surface area (Å²) < 4.78 is 11.6. The molecule has 1 amide bonds. The van der Waals surface area contributed by atoms with Gasteiger partial charge in [-0.1, -0.05) is 28.1 Å². The van der Waals surface area contributed by atoms with Crippen LogP contribution in [-0.2, 0) is 5.41 Å². The molecule has 0 saturated heterocycles. The summed E-state index contributed by atoms with van der Waals surface area (Å²) in [4.78, 5) is 12.3. The molecule has 0 radical (unpaired) electrons. The second kappa shape index (κ2) is 6.85. The summed E-state index contributed by atoms with van der Waals surface area (Å²) in [6, 6.07) is 13.4. The van der Waals surface area contributed by atoms with E-state index in [2.05, 4.69) is 27.3 Å². The second-order valence-electron chi connectivity index (χ2n) is 6.04. The summed E-state index contributed by atoms with van der Waals surface area (Å²) in [5.41, 5.74) is 1.84. The van der Waals surface area contributed by atoms with Gasteiger partial charge in [-0.05, 0) is 48.7 Å². The highest BCUT2D eigenvalue weighted by atomic mass is 79.9. The third-order valence-corrected chi connectivity index (χ3v) is 5.02. The van der Waals surface area contributed by atoms with Crippen molar-refractivity contribution in [3.05, 3.63) is 58.1 Å². The Kier molecular flexibility index (Phi) is 4.81. The molecule has 3 rings (SSSR count). The van der Waals surface area contributed by atoms with E-state index in [1.54, 1.807) is 14.2 Å². The molecule has 1 aliphatic carbocycles. The monoisotopic (exact) mass is 389 g/mol. The summed E-state index contributed by atoms with van der Waals surface area (Å²) in [5.74, 6) is 1.39. The molecule has 126 valence electrons. The van der Waals surface area contributed by atoms with E-state index >= 15 is 0 Å². The Morgan fingerprint density at radius 2 is 1.88 bits per heavy atom. The molecule has 2 aromatic rings. The van der Waals surface area contributed by atoms with Crippen LogP contribution in [0.4, 0.5) is 0 Å². The van der Waals surface area contributed by atoms with E-state index in [9.17, 15) is 4.79 Å². The lowest BCUT2D eigenvalue weighted by atomic mass is 9.95. The smallest absolute Gasteiger partial charge is 0.251 e. The summed E-state index contributed by atoms with van der Waals surface area (Å²) in [6.07, 6.45) is 2.11. The number of carbonyl (C=O) groups is 1. The highest BCUT2D eigenvalue weighted by Crippen LogP contribution is 2.49. The van der Waals surface area contributed by atoms with Crippen LogP contribution in [0, 0.1) is 0 Å². The van der Waals surface area contributed by atoms with E-state index in [0.717, 1.165) is 28.8 Å². The van der Waals surface area contributed by atoms with E-state index in [4.69, 9.17) is 9.47 Å². The number of methoxy groups -OCH3 is 2. The van der Waals surface area contributed by atoms with Gasteiger partial charge in [-0.2, -0.15) is 0 Å². The maximum absolute atomic E-state index is 12.3. The van der Waals surface area contributed by atoms with Gasteiger partial charge in [0, 0.05) is 22.0 Å². The molecule has 0 aromatic heterocycles. The van der Waals surface area contributed by atoms with Crippen LogP contribution in [0.25, 0.3) is 0 Å². The molecule has 0 unspecified atom stereocenters. The average molecular weight is 390 g/mol. The predicted molar refractivity (Wildman–Crippen MR) is 96.9 cm³/mol. The summed E-state index contributed by atoms with van der Waals surface area (Å²) in [6.45, 7) is 0.619. The van der Waals surface area contributed by atoms with Crippen LogP contribution in [0.15, 0.2) is 46.9 Å². The third kappa shape index (κ3) is 3.41. The number of carbonyl (C=O) groups excluding carboxylic acids is 1. The van der Waals surface area contributed by atoms with E-state index in [0.29, 0.717) is 12.1 Å². The molecule has 1 aliphatic rings. The fourth-order valence-corrected chi connectivity index (χ4v) is 3.26. The number of halogens is 1. The molecule has 0 spiro atoms. The summed E-state index contributed by atoms with van der Waals surface area (Å²) >= 11 is 3.39. The van der Waals surface area contributed by atoms with Gasteiger partial charge in [-0.3, -0.25) is 4.79 Å². The first-order valence-corrected chi connectivity index (χ1v) is 8.63. The van der Waals surface area contributed by atoms with Crippen molar-refractivity contribution in [2.75, 3.05) is 20.8 Å². The molecular weight excluding hydrogens is 370 g/mol. The molecule has 0 bridgehead atoms. The van der Waals surface area contributed by atoms with E-state index in [-0.39, 0.29) is 11.3 Å². The van der Waals surface area contributed by atoms with Crippen LogP contribution in [0.2, 0.25) is 0 Å². The molecule has 1 fully saturated rings. The zero-order valence-corrected chi connectivity index (χ0v) is 15.4. The minimum Gasteiger partial charge on any atom is -0.493 e. The first-order valence-electron chi connectivity index (χ1n) is 7.84. The van der Waals surface area contributed by atoms with E-state index in [1.165, 1.54) is 5.56 Å². The normalized spacial score (nSPS) is 14.8. The van der Waals surface area contributed by atoms with Gasteiger partial charge in [0.1, 0.15) is 0 Å². The van der Waals surface area contributed by atoms with Crippen molar-refractivity contribution in [3.8, 4) is 11.5 Å². The van der Waals surface area contributed by atoms with E-state index in [1.807, 2.05) is 36.4 Å². The number of hydrogen-bond donors (Lipinski definition) is 1. The highest BCUT2D eigenvalue weighted by Gasteiger charge is 2.44. The number of nitrogens with one attached hydrogen (secondary N) is 1. The number of amides is 1. The van der Waals surface area contributed by atoms with Gasteiger partial charge < -0.3 is 14.8 Å². The van der Waals surface area contributed by atoms with Gasteiger partial charge >= 0.3 is 0 Å². The van der Waals surface area contributed by atoms with Crippen LogP contribution in [0.1, 0.15) is 28.8 Å². The van der Waals surface area contributed by atoms with Crippen molar-refractivity contribution >= 4 is 21.8 Å². The molecule has 4 nitrogen and oxygen atoms in total. The lowest BCUT2D eigenvalue weighted by Crippen LogP contribution is -2.32. The SMILES string of the molecule is COc1ccc(C2(CNC(=O)c3cccc(Br)c3)CC2)cc1OC. The highest BCUT2D eigenvalue weighted by molar-refractivity contribution is 9.10. The first kappa shape index (κ1) is 16.8. The van der Waals surface area contributed by atoms with Gasteiger partial charge in [0.15, 0.2) is 11.5 Å². The Hall–Kier alpha value is -2.01. The van der Waals surface area contributed by atoms with Crippen molar-refractivity contribution in [2.45, 2.75) is 18.3 Å². The average Bonchev–Trinajstić information content (AvgIpc) is 3.40. The molecule has 1 saturated carbocycles. The Morgan fingerprint density at radius 3 is 2.50 bits per heavy atom. The Morgan fingerprint density at radius 1 is 1.12 bits per heavy atom. The Labute approximate surface area is 150 Å². The van der Waals surface area contributed by atoms with Crippen LogP contribution in [0.3, 0.4) is 0 Å². The predicted octanol–water partition coefficient (Wildman–Crippen LogP) is 3.93. The van der Waals surface area contributed by atoms with Gasteiger partial charge in [0.05, 0.1) is 14.2 Å². The summed E-state index contributed by atoms with van der Waals surface area (Å²) in [5, 5.41) is 3.06. The van der Waals surface area contributed by atoms with Crippen LogP contribution >= 0.6 is 15.9 Å². The largest absolute Gasteiger partial charge is 0.493 e. The number of rotatable bonds is 6. The van der Waals surface area contributed by atoms with E-state index < -0.39 is 0 Å². The van der Waals surface area contributed by atoms with Crippen molar-refractivity contribution in [3.63, 3.8) is 0 Å². The molecule has 0 heterocycles. The molecule has 2 aromatic carbocycles. The minimum absolute atomic E-state index is 0.00121. The quantitative estimate of drug-likeness (QED) is 0.813. The second-order valence-corrected chi connectivity index (χ2v) is 6.96. The van der Waals surface area contributed by atoms with Crippen molar-refractivity contribution in [1.82, 2.24) is 5.32 Å². The third-order valence-electron chi connectivity index (χ3n) is 4.52. The molecule has 24 heavy (non-hydrogen) atoms. The first-order chi connectivity index (χ1) is 11.6.